The fourth-order valence-corrected chi connectivity index (χ4v) is 2.40. The van der Waals surface area contributed by atoms with E-state index in [1.165, 1.54) is 12.1 Å². The maximum absolute atomic E-state index is 13.3. The fraction of sp³-hybridized carbons (Fsp3) is 0.250. The highest BCUT2D eigenvalue weighted by molar-refractivity contribution is 6.31. The Morgan fingerprint density at radius 2 is 1.95 bits per heavy atom. The van der Waals surface area contributed by atoms with Crippen LogP contribution in [-0.4, -0.2) is 11.7 Å². The molecule has 0 aliphatic rings. The van der Waals surface area contributed by atoms with Crippen LogP contribution < -0.4 is 5.73 Å². The van der Waals surface area contributed by atoms with E-state index in [1.54, 1.807) is 18.2 Å². The number of rotatable bonds is 4. The number of benzene rings is 2. The van der Waals surface area contributed by atoms with Crippen molar-refractivity contribution in [3.8, 4) is 0 Å². The highest BCUT2D eigenvalue weighted by Crippen LogP contribution is 2.32. The first kappa shape index (κ1) is 15.0. The zero-order valence-electron chi connectivity index (χ0n) is 11.2. The molecular formula is C16H17ClFNO. The average molecular weight is 294 g/mol. The van der Waals surface area contributed by atoms with Gasteiger partial charge in [-0.05, 0) is 41.8 Å². The summed E-state index contributed by atoms with van der Waals surface area (Å²) in [6.45, 7) is 2.11. The zero-order chi connectivity index (χ0) is 14.7. The Bertz CT molecular complexity index is 603. The molecule has 2 aromatic rings. The van der Waals surface area contributed by atoms with Gasteiger partial charge in [0.25, 0.3) is 0 Å². The quantitative estimate of drug-likeness (QED) is 0.905. The predicted octanol–water partition coefficient (Wildman–Crippen LogP) is 3.56. The van der Waals surface area contributed by atoms with Gasteiger partial charge in [-0.3, -0.25) is 0 Å². The first-order valence-electron chi connectivity index (χ1n) is 6.42. The molecule has 0 aliphatic heterocycles. The molecule has 3 N–H and O–H groups in total. The number of aliphatic hydroxyl groups excluding tert-OH is 1. The zero-order valence-corrected chi connectivity index (χ0v) is 11.9. The van der Waals surface area contributed by atoms with Crippen LogP contribution in [0.5, 0.6) is 0 Å². The Morgan fingerprint density at radius 1 is 1.20 bits per heavy atom. The Morgan fingerprint density at radius 3 is 2.55 bits per heavy atom. The summed E-state index contributed by atoms with van der Waals surface area (Å²) in [6.07, 6.45) is -0.820. The molecule has 2 unspecified atom stereocenters. The minimum absolute atomic E-state index is 0.218. The van der Waals surface area contributed by atoms with Crippen molar-refractivity contribution < 1.29 is 9.50 Å². The van der Waals surface area contributed by atoms with Gasteiger partial charge in [0.2, 0.25) is 0 Å². The highest BCUT2D eigenvalue weighted by atomic mass is 35.5. The third-order valence-corrected chi connectivity index (χ3v) is 3.86. The van der Waals surface area contributed by atoms with Crippen molar-refractivity contribution >= 4 is 11.6 Å². The highest BCUT2D eigenvalue weighted by Gasteiger charge is 2.22. The summed E-state index contributed by atoms with van der Waals surface area (Å²) in [5.41, 5.74) is 8.05. The number of aryl methyl sites for hydroxylation is 1. The van der Waals surface area contributed by atoms with Crippen LogP contribution in [0.3, 0.4) is 0 Å². The molecule has 0 bridgehead atoms. The van der Waals surface area contributed by atoms with Crippen LogP contribution in [0.4, 0.5) is 4.39 Å². The second-order valence-electron chi connectivity index (χ2n) is 4.85. The Hall–Kier alpha value is -1.42. The van der Waals surface area contributed by atoms with Crippen molar-refractivity contribution in [1.29, 1.82) is 0 Å². The van der Waals surface area contributed by atoms with E-state index in [4.69, 9.17) is 17.3 Å². The minimum atomic E-state index is -0.820. The lowest BCUT2D eigenvalue weighted by atomic mass is 9.89. The Balaban J connectivity index is 2.33. The van der Waals surface area contributed by atoms with Gasteiger partial charge in [0.1, 0.15) is 5.82 Å². The molecule has 0 radical (unpaired) electrons. The molecule has 0 amide bonds. The molecule has 2 aromatic carbocycles. The van der Waals surface area contributed by atoms with Crippen LogP contribution in [-0.2, 0) is 0 Å². The van der Waals surface area contributed by atoms with Gasteiger partial charge in [-0.2, -0.15) is 0 Å². The standard InChI is InChI=1S/C16H17ClFNO/c1-10-5-6-12(8-15(10)17)16(20)14(9-19)11-3-2-4-13(18)7-11/h2-8,14,16,20H,9,19H2,1H3. The second-order valence-corrected chi connectivity index (χ2v) is 5.26. The van der Waals surface area contributed by atoms with E-state index < -0.39 is 6.10 Å². The van der Waals surface area contributed by atoms with Crippen molar-refractivity contribution in [3.63, 3.8) is 0 Å². The lowest BCUT2D eigenvalue weighted by Gasteiger charge is -2.22. The van der Waals surface area contributed by atoms with Gasteiger partial charge in [-0.15, -0.1) is 0 Å². The van der Waals surface area contributed by atoms with Gasteiger partial charge >= 0.3 is 0 Å². The molecule has 0 aromatic heterocycles. The third-order valence-electron chi connectivity index (χ3n) is 3.45. The maximum Gasteiger partial charge on any atom is 0.123 e. The summed E-state index contributed by atoms with van der Waals surface area (Å²) in [5.74, 6) is -0.709. The number of halogens is 2. The summed E-state index contributed by atoms with van der Waals surface area (Å²) >= 11 is 6.07. The van der Waals surface area contributed by atoms with Crippen molar-refractivity contribution in [2.45, 2.75) is 18.9 Å². The molecule has 20 heavy (non-hydrogen) atoms. The molecule has 0 saturated carbocycles. The number of hydrogen-bond donors (Lipinski definition) is 2. The minimum Gasteiger partial charge on any atom is -0.388 e. The van der Waals surface area contributed by atoms with Gasteiger partial charge < -0.3 is 10.8 Å². The van der Waals surface area contributed by atoms with Crippen molar-refractivity contribution in [2.75, 3.05) is 6.54 Å². The number of hydrogen-bond acceptors (Lipinski definition) is 2. The van der Waals surface area contributed by atoms with Crippen molar-refractivity contribution in [1.82, 2.24) is 0 Å². The lowest BCUT2D eigenvalue weighted by molar-refractivity contribution is 0.147. The van der Waals surface area contributed by atoms with Gasteiger partial charge in [0.05, 0.1) is 6.10 Å². The van der Waals surface area contributed by atoms with Crippen LogP contribution in [0, 0.1) is 12.7 Å². The van der Waals surface area contributed by atoms with E-state index in [2.05, 4.69) is 0 Å². The molecule has 0 spiro atoms. The van der Waals surface area contributed by atoms with Crippen LogP contribution in [0.15, 0.2) is 42.5 Å². The van der Waals surface area contributed by atoms with E-state index in [-0.39, 0.29) is 18.3 Å². The predicted molar refractivity (Wildman–Crippen MR) is 79.3 cm³/mol. The monoisotopic (exact) mass is 293 g/mol. The van der Waals surface area contributed by atoms with Gasteiger partial charge in [0, 0.05) is 17.5 Å². The molecule has 2 rings (SSSR count). The first-order chi connectivity index (χ1) is 9.52. The van der Waals surface area contributed by atoms with Crippen LogP contribution in [0.1, 0.15) is 28.7 Å². The van der Waals surface area contributed by atoms with Crippen molar-refractivity contribution in [3.05, 3.63) is 70.0 Å². The normalized spacial score (nSPS) is 14.1. The van der Waals surface area contributed by atoms with Crippen LogP contribution >= 0.6 is 11.6 Å². The lowest BCUT2D eigenvalue weighted by Crippen LogP contribution is -2.20. The summed E-state index contributed by atoms with van der Waals surface area (Å²) in [4.78, 5) is 0. The summed E-state index contributed by atoms with van der Waals surface area (Å²) in [6, 6.07) is 11.5. The molecule has 0 heterocycles. The number of nitrogens with two attached hydrogens (primary N) is 1. The topological polar surface area (TPSA) is 46.2 Å². The molecule has 4 heteroatoms. The van der Waals surface area contributed by atoms with Gasteiger partial charge in [0.15, 0.2) is 0 Å². The van der Waals surface area contributed by atoms with E-state index >= 15 is 0 Å². The molecule has 0 fully saturated rings. The second kappa shape index (κ2) is 6.35. The van der Waals surface area contributed by atoms with E-state index in [0.29, 0.717) is 16.1 Å². The fourth-order valence-electron chi connectivity index (χ4n) is 2.21. The van der Waals surface area contributed by atoms with Crippen LogP contribution in [0.2, 0.25) is 5.02 Å². The van der Waals surface area contributed by atoms with Crippen LogP contribution in [0.25, 0.3) is 0 Å². The van der Waals surface area contributed by atoms with Gasteiger partial charge in [-0.1, -0.05) is 35.9 Å². The van der Waals surface area contributed by atoms with E-state index in [0.717, 1.165) is 5.56 Å². The molecule has 106 valence electrons. The Kier molecular flexibility index (Phi) is 4.76. The van der Waals surface area contributed by atoms with Gasteiger partial charge in [-0.25, -0.2) is 4.39 Å². The largest absolute Gasteiger partial charge is 0.388 e. The summed E-state index contributed by atoms with van der Waals surface area (Å²) in [7, 11) is 0. The van der Waals surface area contributed by atoms with E-state index in [1.807, 2.05) is 19.1 Å². The molecule has 2 nitrogen and oxygen atoms in total. The average Bonchev–Trinajstić information content (AvgIpc) is 2.42. The molecule has 2 atom stereocenters. The Labute approximate surface area is 123 Å². The molecular weight excluding hydrogens is 277 g/mol. The smallest absolute Gasteiger partial charge is 0.123 e. The van der Waals surface area contributed by atoms with Crippen molar-refractivity contribution in [2.24, 2.45) is 5.73 Å². The number of aliphatic hydroxyl groups is 1. The molecule has 0 aliphatic carbocycles. The summed E-state index contributed by atoms with van der Waals surface area (Å²) < 4.78 is 13.3. The SMILES string of the molecule is Cc1ccc(C(O)C(CN)c2cccc(F)c2)cc1Cl. The van der Waals surface area contributed by atoms with E-state index in [9.17, 15) is 9.50 Å². The molecule has 0 saturated heterocycles. The summed E-state index contributed by atoms with van der Waals surface area (Å²) in [5, 5.41) is 11.1. The maximum atomic E-state index is 13.3. The first-order valence-corrected chi connectivity index (χ1v) is 6.80. The third kappa shape index (κ3) is 3.18.